The smallest absolute Gasteiger partial charge is 0.233 e. The maximum Gasteiger partial charge on any atom is 0.233 e. The van der Waals surface area contributed by atoms with Crippen LogP contribution in [-0.2, 0) is 9.53 Å². The summed E-state index contributed by atoms with van der Waals surface area (Å²) >= 11 is 5.23. The average molecular weight is 418 g/mol. The summed E-state index contributed by atoms with van der Waals surface area (Å²) in [6.07, 6.45) is 1.04. The summed E-state index contributed by atoms with van der Waals surface area (Å²) in [5, 5.41) is -0.0225. The van der Waals surface area contributed by atoms with Gasteiger partial charge in [-0.1, -0.05) is 15.9 Å². The van der Waals surface area contributed by atoms with E-state index in [0.29, 0.717) is 30.4 Å². The van der Waals surface area contributed by atoms with Crippen molar-refractivity contribution >= 4 is 33.6 Å². The second kappa shape index (κ2) is 8.97. The number of carbonyl (C=O) groups excluding carboxylic acids is 1. The lowest BCUT2D eigenvalue weighted by molar-refractivity contribution is -0.128. The molecule has 1 aromatic carbocycles. The van der Waals surface area contributed by atoms with E-state index in [1.54, 1.807) is 26.0 Å². The molecule has 1 atom stereocenters. The van der Waals surface area contributed by atoms with Crippen molar-refractivity contribution in [2.75, 3.05) is 33.1 Å². The third-order valence-electron chi connectivity index (χ3n) is 3.73. The van der Waals surface area contributed by atoms with E-state index in [-0.39, 0.29) is 17.4 Å². The molecule has 0 saturated carbocycles. The predicted octanol–water partition coefficient (Wildman–Crippen LogP) is 3.86. The summed E-state index contributed by atoms with van der Waals surface area (Å²) in [6.45, 7) is 5.37. The first-order valence-electron chi connectivity index (χ1n) is 7.92. The van der Waals surface area contributed by atoms with E-state index in [4.69, 9.17) is 14.2 Å². The molecule has 1 aromatic rings. The van der Waals surface area contributed by atoms with Crippen LogP contribution in [0.1, 0.15) is 31.2 Å². The Morgan fingerprint density at radius 1 is 1.29 bits per heavy atom. The van der Waals surface area contributed by atoms with Gasteiger partial charge in [0.1, 0.15) is 5.37 Å². The number of amides is 1. The molecule has 0 N–H and O–H groups in total. The Kier molecular flexibility index (Phi) is 7.25. The van der Waals surface area contributed by atoms with E-state index < -0.39 is 0 Å². The molecule has 0 spiro atoms. The third kappa shape index (κ3) is 4.58. The minimum Gasteiger partial charge on any atom is -0.493 e. The lowest BCUT2D eigenvalue weighted by Gasteiger charge is -2.26. The number of benzene rings is 1. The van der Waals surface area contributed by atoms with E-state index in [0.717, 1.165) is 16.5 Å². The van der Waals surface area contributed by atoms with Gasteiger partial charge >= 0.3 is 0 Å². The average Bonchev–Trinajstić information content (AvgIpc) is 2.91. The largest absolute Gasteiger partial charge is 0.493 e. The first-order valence-corrected chi connectivity index (χ1v) is 9.76. The Labute approximate surface area is 156 Å². The Bertz CT molecular complexity index is 582. The molecule has 1 saturated heterocycles. The van der Waals surface area contributed by atoms with Gasteiger partial charge in [0.15, 0.2) is 11.5 Å². The standard InChI is InChI=1S/C17H24BrNO4S/c1-11(2)23-7-5-6-19-16(20)10-24-17(19)12-8-14(21-3)15(22-4)9-13(12)18/h8-9,11,17H,5-7,10H2,1-4H3. The molecular formula is C17H24BrNO4S. The maximum absolute atomic E-state index is 12.3. The number of halogens is 1. The molecule has 1 amide bonds. The zero-order valence-electron chi connectivity index (χ0n) is 14.5. The number of nitrogens with zero attached hydrogens (tertiary/aromatic N) is 1. The number of rotatable bonds is 8. The first-order chi connectivity index (χ1) is 11.5. The molecule has 1 aliphatic rings. The van der Waals surface area contributed by atoms with E-state index in [9.17, 15) is 4.79 Å². The van der Waals surface area contributed by atoms with Crippen molar-refractivity contribution in [2.24, 2.45) is 0 Å². The van der Waals surface area contributed by atoms with Crippen molar-refractivity contribution in [1.82, 2.24) is 4.90 Å². The zero-order chi connectivity index (χ0) is 17.7. The molecule has 1 heterocycles. The van der Waals surface area contributed by atoms with E-state index in [1.807, 2.05) is 30.9 Å². The highest BCUT2D eigenvalue weighted by Gasteiger charge is 2.34. The van der Waals surface area contributed by atoms with E-state index >= 15 is 0 Å². The van der Waals surface area contributed by atoms with Crippen molar-refractivity contribution < 1.29 is 19.0 Å². The minimum atomic E-state index is -0.0225. The lowest BCUT2D eigenvalue weighted by atomic mass is 10.1. The van der Waals surface area contributed by atoms with Crippen LogP contribution in [0.4, 0.5) is 0 Å². The lowest BCUT2D eigenvalue weighted by Crippen LogP contribution is -2.30. The van der Waals surface area contributed by atoms with Crippen LogP contribution in [0, 0.1) is 0 Å². The van der Waals surface area contributed by atoms with Crippen molar-refractivity contribution in [2.45, 2.75) is 31.7 Å². The van der Waals surface area contributed by atoms with Gasteiger partial charge in [0.2, 0.25) is 5.91 Å². The molecule has 1 aliphatic heterocycles. The second-order valence-corrected chi connectivity index (χ2v) is 7.68. The first kappa shape index (κ1) is 19.4. The van der Waals surface area contributed by atoms with Gasteiger partial charge < -0.3 is 19.1 Å². The van der Waals surface area contributed by atoms with Crippen LogP contribution in [0.3, 0.4) is 0 Å². The fourth-order valence-electron chi connectivity index (χ4n) is 2.57. The number of hydrogen-bond donors (Lipinski definition) is 0. The van der Waals surface area contributed by atoms with Gasteiger partial charge in [0.25, 0.3) is 0 Å². The van der Waals surface area contributed by atoms with Crippen molar-refractivity contribution in [3.8, 4) is 11.5 Å². The highest BCUT2D eigenvalue weighted by Crippen LogP contribution is 2.45. The molecule has 0 aliphatic carbocycles. The topological polar surface area (TPSA) is 48.0 Å². The summed E-state index contributed by atoms with van der Waals surface area (Å²) in [4.78, 5) is 14.2. The van der Waals surface area contributed by atoms with Crippen molar-refractivity contribution in [1.29, 1.82) is 0 Å². The van der Waals surface area contributed by atoms with Crippen LogP contribution in [0.15, 0.2) is 16.6 Å². The molecule has 0 bridgehead atoms. The van der Waals surface area contributed by atoms with Crippen LogP contribution < -0.4 is 9.47 Å². The molecule has 2 rings (SSSR count). The quantitative estimate of drug-likeness (QED) is 0.601. The summed E-state index contributed by atoms with van der Waals surface area (Å²) < 4.78 is 17.2. The Morgan fingerprint density at radius 2 is 1.96 bits per heavy atom. The molecule has 1 fully saturated rings. The predicted molar refractivity (Wildman–Crippen MR) is 99.9 cm³/mol. The molecular weight excluding hydrogens is 394 g/mol. The maximum atomic E-state index is 12.3. The minimum absolute atomic E-state index is 0.0225. The normalized spacial score (nSPS) is 17.7. The second-order valence-electron chi connectivity index (χ2n) is 5.75. The van der Waals surface area contributed by atoms with Gasteiger partial charge in [-0.05, 0) is 32.4 Å². The monoisotopic (exact) mass is 417 g/mol. The van der Waals surface area contributed by atoms with Crippen molar-refractivity contribution in [3.05, 3.63) is 22.2 Å². The molecule has 5 nitrogen and oxygen atoms in total. The molecule has 0 radical (unpaired) electrons. The fraction of sp³-hybridized carbons (Fsp3) is 0.588. The third-order valence-corrected chi connectivity index (χ3v) is 5.66. The number of methoxy groups -OCH3 is 2. The molecule has 134 valence electrons. The van der Waals surface area contributed by atoms with Gasteiger partial charge in [-0.2, -0.15) is 0 Å². The summed E-state index contributed by atoms with van der Waals surface area (Å²) in [5.41, 5.74) is 1.02. The van der Waals surface area contributed by atoms with Gasteiger partial charge in [-0.15, -0.1) is 11.8 Å². The summed E-state index contributed by atoms with van der Waals surface area (Å²) in [7, 11) is 3.22. The molecule has 7 heteroatoms. The molecule has 1 unspecified atom stereocenters. The highest BCUT2D eigenvalue weighted by molar-refractivity contribution is 9.10. The number of hydrogen-bond acceptors (Lipinski definition) is 5. The van der Waals surface area contributed by atoms with Gasteiger partial charge in [0, 0.05) is 23.2 Å². The number of thioether (sulfide) groups is 1. The van der Waals surface area contributed by atoms with E-state index in [1.165, 1.54) is 0 Å². The SMILES string of the molecule is COc1cc(Br)c(C2SCC(=O)N2CCCOC(C)C)cc1OC. The van der Waals surface area contributed by atoms with Gasteiger partial charge in [-0.25, -0.2) is 0 Å². The Morgan fingerprint density at radius 3 is 2.58 bits per heavy atom. The van der Waals surface area contributed by atoms with Gasteiger partial charge in [0.05, 0.1) is 26.1 Å². The zero-order valence-corrected chi connectivity index (χ0v) is 16.9. The fourth-order valence-corrected chi connectivity index (χ4v) is 4.50. The van der Waals surface area contributed by atoms with Crippen molar-refractivity contribution in [3.63, 3.8) is 0 Å². The Hall–Kier alpha value is -0.920. The number of carbonyl (C=O) groups is 1. The van der Waals surface area contributed by atoms with Gasteiger partial charge in [-0.3, -0.25) is 4.79 Å². The Balaban J connectivity index is 2.15. The van der Waals surface area contributed by atoms with Crippen LogP contribution >= 0.6 is 27.7 Å². The highest BCUT2D eigenvalue weighted by atomic mass is 79.9. The summed E-state index contributed by atoms with van der Waals surface area (Å²) in [5.74, 6) is 1.99. The summed E-state index contributed by atoms with van der Waals surface area (Å²) in [6, 6.07) is 3.83. The van der Waals surface area contributed by atoms with Crippen LogP contribution in [0.2, 0.25) is 0 Å². The molecule has 24 heavy (non-hydrogen) atoms. The van der Waals surface area contributed by atoms with Crippen LogP contribution in [0.25, 0.3) is 0 Å². The molecule has 0 aromatic heterocycles. The van der Waals surface area contributed by atoms with E-state index in [2.05, 4.69) is 15.9 Å². The van der Waals surface area contributed by atoms with Crippen LogP contribution in [0.5, 0.6) is 11.5 Å². The number of ether oxygens (including phenoxy) is 3. The van der Waals surface area contributed by atoms with Crippen LogP contribution in [-0.4, -0.2) is 50.0 Å².